The van der Waals surface area contributed by atoms with Crippen LogP contribution in [-0.4, -0.2) is 62.4 Å². The van der Waals surface area contributed by atoms with Gasteiger partial charge in [-0.15, -0.1) is 0 Å². The summed E-state index contributed by atoms with van der Waals surface area (Å²) >= 11 is 11.3. The lowest BCUT2D eigenvalue weighted by molar-refractivity contribution is 0.0389. The molecule has 0 saturated carbocycles. The molecule has 9 heteroatoms. The standard InChI is InChI=1S/C15H19ClN4O3S/c16-12-7-11(8-13-14(12)23-10-22-13)9-18-19-15(24)17-1-2-20-3-5-21-6-4-20/h7-9H,1-6,10H2,(H2,17,19,24)/b18-9-. The van der Waals surface area contributed by atoms with Gasteiger partial charge in [0.2, 0.25) is 6.79 Å². The smallest absolute Gasteiger partial charge is 0.231 e. The highest BCUT2D eigenvalue weighted by atomic mass is 35.5. The number of benzene rings is 1. The van der Waals surface area contributed by atoms with Gasteiger partial charge in [-0.2, -0.15) is 5.10 Å². The second kappa shape index (κ2) is 8.48. The van der Waals surface area contributed by atoms with Crippen LogP contribution in [-0.2, 0) is 4.74 Å². The van der Waals surface area contributed by atoms with Crippen LogP contribution in [0.3, 0.4) is 0 Å². The summed E-state index contributed by atoms with van der Waals surface area (Å²) in [6.07, 6.45) is 1.63. The Morgan fingerprint density at radius 1 is 1.33 bits per heavy atom. The summed E-state index contributed by atoms with van der Waals surface area (Å²) in [7, 11) is 0. The maximum Gasteiger partial charge on any atom is 0.231 e. The zero-order valence-corrected chi connectivity index (χ0v) is 14.7. The number of thiocarbonyl (C=S) groups is 1. The largest absolute Gasteiger partial charge is 0.454 e. The van der Waals surface area contributed by atoms with Gasteiger partial charge in [-0.1, -0.05) is 11.6 Å². The van der Waals surface area contributed by atoms with Crippen molar-refractivity contribution in [3.8, 4) is 11.5 Å². The molecule has 0 aliphatic carbocycles. The Labute approximate surface area is 150 Å². The Bertz CT molecular complexity index is 623. The maximum absolute atomic E-state index is 6.12. The molecule has 1 aromatic carbocycles. The molecule has 130 valence electrons. The molecule has 1 saturated heterocycles. The van der Waals surface area contributed by atoms with Gasteiger partial charge in [-0.25, -0.2) is 0 Å². The average molecular weight is 371 g/mol. The van der Waals surface area contributed by atoms with Gasteiger partial charge in [0.15, 0.2) is 16.6 Å². The number of hydrogen-bond acceptors (Lipinski definition) is 6. The number of hydrogen-bond donors (Lipinski definition) is 2. The molecular weight excluding hydrogens is 352 g/mol. The quantitative estimate of drug-likeness (QED) is 0.458. The van der Waals surface area contributed by atoms with Gasteiger partial charge in [0.05, 0.1) is 24.5 Å². The molecule has 0 atom stereocenters. The number of nitrogens with zero attached hydrogens (tertiary/aromatic N) is 2. The van der Waals surface area contributed by atoms with Gasteiger partial charge in [0.1, 0.15) is 0 Å². The molecule has 2 aliphatic heterocycles. The van der Waals surface area contributed by atoms with Crippen molar-refractivity contribution in [3.63, 3.8) is 0 Å². The third-order valence-electron chi connectivity index (χ3n) is 3.65. The van der Waals surface area contributed by atoms with E-state index in [1.165, 1.54) is 0 Å². The molecule has 24 heavy (non-hydrogen) atoms. The first kappa shape index (κ1) is 17.2. The predicted octanol–water partition coefficient (Wildman–Crippen LogP) is 1.20. The van der Waals surface area contributed by atoms with Crippen molar-refractivity contribution in [2.24, 2.45) is 5.10 Å². The van der Waals surface area contributed by atoms with Crippen molar-refractivity contribution in [2.45, 2.75) is 0 Å². The van der Waals surface area contributed by atoms with E-state index in [2.05, 4.69) is 20.7 Å². The molecule has 1 fully saturated rings. The van der Waals surface area contributed by atoms with Crippen molar-refractivity contribution >= 4 is 35.1 Å². The fourth-order valence-electron chi connectivity index (χ4n) is 2.42. The van der Waals surface area contributed by atoms with E-state index in [1.54, 1.807) is 12.3 Å². The summed E-state index contributed by atoms with van der Waals surface area (Å²) < 4.78 is 15.9. The van der Waals surface area contributed by atoms with Gasteiger partial charge < -0.3 is 19.5 Å². The van der Waals surface area contributed by atoms with E-state index in [0.29, 0.717) is 21.6 Å². The van der Waals surface area contributed by atoms with E-state index < -0.39 is 0 Å². The monoisotopic (exact) mass is 370 g/mol. The lowest BCUT2D eigenvalue weighted by atomic mass is 10.2. The molecular formula is C15H19ClN4O3S. The van der Waals surface area contributed by atoms with Crippen LogP contribution in [0.1, 0.15) is 5.56 Å². The molecule has 0 spiro atoms. The second-order valence-corrected chi connectivity index (χ2v) is 6.13. The minimum atomic E-state index is 0.186. The first-order valence-electron chi connectivity index (χ1n) is 7.68. The molecule has 0 amide bonds. The highest BCUT2D eigenvalue weighted by Crippen LogP contribution is 2.39. The van der Waals surface area contributed by atoms with Crippen LogP contribution in [0.4, 0.5) is 0 Å². The van der Waals surface area contributed by atoms with Crippen molar-refractivity contribution < 1.29 is 14.2 Å². The topological polar surface area (TPSA) is 67.4 Å². The summed E-state index contributed by atoms with van der Waals surface area (Å²) in [5.74, 6) is 1.19. The van der Waals surface area contributed by atoms with Gasteiger partial charge in [0, 0.05) is 26.2 Å². The van der Waals surface area contributed by atoms with E-state index >= 15 is 0 Å². The third-order valence-corrected chi connectivity index (χ3v) is 4.16. The number of morpholine rings is 1. The minimum Gasteiger partial charge on any atom is -0.454 e. The molecule has 0 bridgehead atoms. The van der Waals surface area contributed by atoms with Crippen LogP contribution >= 0.6 is 23.8 Å². The van der Waals surface area contributed by atoms with Crippen molar-refractivity contribution in [3.05, 3.63) is 22.7 Å². The zero-order valence-electron chi connectivity index (χ0n) is 13.1. The van der Waals surface area contributed by atoms with Crippen molar-refractivity contribution in [1.29, 1.82) is 0 Å². The second-order valence-electron chi connectivity index (χ2n) is 5.32. The molecule has 0 radical (unpaired) electrons. The number of rotatable bonds is 5. The summed E-state index contributed by atoms with van der Waals surface area (Å²) in [5, 5.41) is 8.20. The average Bonchev–Trinajstić information content (AvgIpc) is 3.05. The van der Waals surface area contributed by atoms with E-state index in [0.717, 1.165) is 45.0 Å². The van der Waals surface area contributed by atoms with Crippen LogP contribution in [0.2, 0.25) is 5.02 Å². The van der Waals surface area contributed by atoms with Crippen LogP contribution in [0.25, 0.3) is 0 Å². The Hall–Kier alpha value is -1.61. The number of hydrazone groups is 1. The first-order chi connectivity index (χ1) is 11.7. The molecule has 1 aromatic rings. The van der Waals surface area contributed by atoms with Crippen LogP contribution in [0.15, 0.2) is 17.2 Å². The van der Waals surface area contributed by atoms with Gasteiger partial charge in [-0.3, -0.25) is 10.3 Å². The van der Waals surface area contributed by atoms with Crippen LogP contribution in [0, 0.1) is 0 Å². The summed E-state index contributed by atoms with van der Waals surface area (Å²) in [6, 6.07) is 3.57. The Morgan fingerprint density at radius 2 is 2.17 bits per heavy atom. The number of ether oxygens (including phenoxy) is 3. The fraction of sp³-hybridized carbons (Fsp3) is 0.467. The molecule has 0 aromatic heterocycles. The van der Waals surface area contributed by atoms with Crippen LogP contribution in [0.5, 0.6) is 11.5 Å². The lowest BCUT2D eigenvalue weighted by Gasteiger charge is -2.26. The number of halogens is 1. The molecule has 0 unspecified atom stereocenters. The van der Waals surface area contributed by atoms with Gasteiger partial charge in [-0.05, 0) is 29.9 Å². The van der Waals surface area contributed by atoms with Gasteiger partial charge >= 0.3 is 0 Å². The Kier molecular flexibility index (Phi) is 6.08. The Morgan fingerprint density at radius 3 is 3.00 bits per heavy atom. The normalized spacial score (nSPS) is 17.2. The SMILES string of the molecule is S=C(NCCN1CCOCC1)N/N=C\c1cc(Cl)c2c(c1)OCO2. The minimum absolute atomic E-state index is 0.186. The summed E-state index contributed by atoms with van der Waals surface area (Å²) in [5.41, 5.74) is 3.59. The highest BCUT2D eigenvalue weighted by molar-refractivity contribution is 7.80. The highest BCUT2D eigenvalue weighted by Gasteiger charge is 2.17. The molecule has 3 rings (SSSR count). The third kappa shape index (κ3) is 4.70. The first-order valence-corrected chi connectivity index (χ1v) is 8.47. The van der Waals surface area contributed by atoms with E-state index in [9.17, 15) is 0 Å². The van der Waals surface area contributed by atoms with Crippen molar-refractivity contribution in [1.82, 2.24) is 15.6 Å². The molecule has 2 heterocycles. The number of nitrogens with one attached hydrogen (secondary N) is 2. The van der Waals surface area contributed by atoms with E-state index in [4.69, 9.17) is 38.0 Å². The summed E-state index contributed by atoms with van der Waals surface area (Å²) in [4.78, 5) is 2.33. The zero-order chi connectivity index (χ0) is 16.8. The number of fused-ring (bicyclic) bond motifs is 1. The van der Waals surface area contributed by atoms with Crippen LogP contribution < -0.4 is 20.2 Å². The van der Waals surface area contributed by atoms with E-state index in [-0.39, 0.29) is 6.79 Å². The maximum atomic E-state index is 6.12. The lowest BCUT2D eigenvalue weighted by Crippen LogP contribution is -2.42. The molecule has 2 N–H and O–H groups in total. The van der Waals surface area contributed by atoms with Gasteiger partial charge in [0.25, 0.3) is 0 Å². The predicted molar refractivity (Wildman–Crippen MR) is 96.2 cm³/mol. The molecule has 2 aliphatic rings. The Balaban J connectivity index is 1.41. The van der Waals surface area contributed by atoms with Crippen molar-refractivity contribution in [2.75, 3.05) is 46.2 Å². The fourth-order valence-corrected chi connectivity index (χ4v) is 2.85. The van der Waals surface area contributed by atoms with E-state index in [1.807, 2.05) is 6.07 Å². The molecule has 7 nitrogen and oxygen atoms in total. The summed E-state index contributed by atoms with van der Waals surface area (Å²) in [6.45, 7) is 5.39.